The molecule has 3 aliphatic rings. The predicted molar refractivity (Wildman–Crippen MR) is 494 cm³/mol. The van der Waals surface area contributed by atoms with Crippen LogP contribution in [0.4, 0.5) is 56.6 Å². The number of nitrogens with zero attached hydrogens (tertiary/aromatic N) is 18. The van der Waals surface area contributed by atoms with Gasteiger partial charge in [0.1, 0.15) is 66.9 Å². The van der Waals surface area contributed by atoms with Gasteiger partial charge < -0.3 is 44.7 Å². The van der Waals surface area contributed by atoms with E-state index in [2.05, 4.69) is 49.6 Å². The molecule has 9 aromatic heterocycles. The minimum atomic E-state index is -1.82. The third-order valence-corrected chi connectivity index (χ3v) is 24.9. The first-order valence-corrected chi connectivity index (χ1v) is 43.4. The molecule has 3 aliphatic heterocycles. The van der Waals surface area contributed by atoms with Gasteiger partial charge in [-0.3, -0.25) is 57.4 Å². The second-order valence-corrected chi connectivity index (χ2v) is 34.4. The number of halogens is 15. The fraction of sp³-hybridized carbons (Fsp3) is 0.258. The average Bonchev–Trinajstić information content (AvgIpc) is 0.728. The lowest BCUT2D eigenvalue weighted by molar-refractivity contribution is -0.127. The van der Waals surface area contributed by atoms with Gasteiger partial charge in [-0.05, 0) is 110 Å². The van der Waals surface area contributed by atoms with Crippen LogP contribution >= 0.6 is 69.6 Å². The highest BCUT2D eigenvalue weighted by atomic mass is 35.5. The van der Waals surface area contributed by atoms with Gasteiger partial charge in [-0.25, -0.2) is 41.3 Å². The average molecular weight is 1970 g/mol. The van der Waals surface area contributed by atoms with Crippen molar-refractivity contribution in [3.8, 4) is 86.3 Å². The number of carbonyl (C=O) groups is 3. The third-order valence-electron chi connectivity index (χ3n) is 23.0. The summed E-state index contributed by atoms with van der Waals surface area (Å²) in [7, 11) is 0. The molecular weight excluding hydrogens is 1900 g/mol. The standard InChI is InChI=1S/3C31H25Cl2F3N6O3/c3*1-5-19(43)40-8-10-41(11-9-40)28-16-12-18(32)26(20-22(34)21(33)23(35)24(36)29(20)44)39-30(16)42(31(45)17(28)13-37)27-15(4)6-7-38-25(27)14(2)3/h3*5-7,12,14,44H,1,8-11H2,2-4H3. The fourth-order valence-electron chi connectivity index (χ4n) is 16.4. The highest BCUT2D eigenvalue weighted by molar-refractivity contribution is 6.36. The second-order valence-electron chi connectivity index (χ2n) is 32.0. The number of aromatic hydroxyl groups is 3. The molecular formula is C93H75Cl6F9N18O9. The number of piperazine rings is 3. The number of carbonyl (C=O) groups excluding carboxylic acids is 3. The molecule has 3 saturated heterocycles. The van der Waals surface area contributed by atoms with Crippen LogP contribution in [0, 0.1) is 107 Å². The Bertz CT molecular complexity index is 6650. The number of aryl methyl sites for hydroxylation is 3. The van der Waals surface area contributed by atoms with Gasteiger partial charge in [-0.15, -0.1) is 0 Å². The Morgan fingerprint density at radius 2 is 0.600 bits per heavy atom. The molecule has 0 spiro atoms. The molecule has 0 aliphatic carbocycles. The van der Waals surface area contributed by atoms with E-state index in [1.54, 1.807) is 87.0 Å². The number of rotatable bonds is 15. The van der Waals surface area contributed by atoms with E-state index in [1.807, 2.05) is 59.8 Å². The maximum absolute atomic E-state index is 15.4. The summed E-state index contributed by atoms with van der Waals surface area (Å²) in [5.41, 5.74) is -3.18. The molecule has 27 nitrogen and oxygen atoms in total. The maximum Gasteiger partial charge on any atom is 0.276 e. The van der Waals surface area contributed by atoms with Crippen molar-refractivity contribution in [2.45, 2.75) is 80.1 Å². The second kappa shape index (κ2) is 39.4. The van der Waals surface area contributed by atoms with Crippen molar-refractivity contribution in [3.63, 3.8) is 0 Å². The summed E-state index contributed by atoms with van der Waals surface area (Å²) < 4.78 is 136. The van der Waals surface area contributed by atoms with Gasteiger partial charge in [0.25, 0.3) is 16.7 Å². The molecule has 0 atom stereocenters. The van der Waals surface area contributed by atoms with Gasteiger partial charge in [-0.2, -0.15) is 29.0 Å². The number of hydrogen-bond donors (Lipinski definition) is 3. The van der Waals surface area contributed by atoms with Crippen molar-refractivity contribution in [1.82, 2.24) is 58.3 Å². The number of pyridine rings is 9. The van der Waals surface area contributed by atoms with Crippen molar-refractivity contribution in [2.75, 3.05) is 93.2 Å². The van der Waals surface area contributed by atoms with E-state index in [9.17, 15) is 86.2 Å². The molecule has 12 aromatic rings. The van der Waals surface area contributed by atoms with E-state index in [-0.39, 0.29) is 196 Å². The number of phenolic OH excluding ortho intramolecular Hbond substituents is 3. The number of anilines is 3. The van der Waals surface area contributed by atoms with Crippen LogP contribution < -0.4 is 31.4 Å². The van der Waals surface area contributed by atoms with Gasteiger partial charge in [0.2, 0.25) is 35.2 Å². The number of fused-ring (bicyclic) bond motifs is 3. The number of hydrogen-bond acceptors (Lipinski definition) is 21. The Balaban J connectivity index is 0.000000171. The summed E-state index contributed by atoms with van der Waals surface area (Å²) >= 11 is 36.9. The first kappa shape index (κ1) is 98.7. The van der Waals surface area contributed by atoms with E-state index in [0.29, 0.717) is 50.8 Å². The van der Waals surface area contributed by atoms with Crippen LogP contribution in [0.15, 0.2) is 107 Å². The van der Waals surface area contributed by atoms with E-state index in [4.69, 9.17) is 69.6 Å². The van der Waals surface area contributed by atoms with Crippen molar-refractivity contribution in [2.24, 2.45) is 0 Å². The molecule has 3 amide bonds. The van der Waals surface area contributed by atoms with Crippen molar-refractivity contribution >= 4 is 137 Å². The minimum absolute atomic E-state index is 0.129. The Morgan fingerprint density at radius 3 is 0.800 bits per heavy atom. The van der Waals surface area contributed by atoms with Crippen LogP contribution in [0.5, 0.6) is 17.2 Å². The Kier molecular flexibility index (Phi) is 28.8. The van der Waals surface area contributed by atoms with Crippen molar-refractivity contribution < 1.29 is 69.2 Å². The van der Waals surface area contributed by atoms with E-state index in [1.165, 1.54) is 36.4 Å². The molecule has 135 heavy (non-hydrogen) atoms. The summed E-state index contributed by atoms with van der Waals surface area (Å²) in [6, 6.07) is 14.9. The monoisotopic (exact) mass is 1970 g/mol. The molecule has 696 valence electrons. The number of phenols is 3. The maximum atomic E-state index is 15.4. The molecule has 3 N–H and O–H groups in total. The molecule has 3 aromatic carbocycles. The summed E-state index contributed by atoms with van der Waals surface area (Å²) in [4.78, 5) is 116. The lowest BCUT2D eigenvalue weighted by atomic mass is 10.0. The van der Waals surface area contributed by atoms with Crippen LogP contribution in [0.2, 0.25) is 30.1 Å². The zero-order valence-corrected chi connectivity index (χ0v) is 77.3. The summed E-state index contributed by atoms with van der Waals surface area (Å²) in [5, 5.41) is 58.4. The predicted octanol–water partition coefficient (Wildman–Crippen LogP) is 18.0. The van der Waals surface area contributed by atoms with E-state index >= 15 is 13.2 Å². The highest BCUT2D eigenvalue weighted by Crippen LogP contribution is 2.49. The Labute approximate surface area is 792 Å². The molecule has 0 unspecified atom stereocenters. The number of aromatic nitrogens is 9. The SMILES string of the molecule is C=CC(=O)N1CCN(c2c(C#N)c(=O)n(-c3c(C)ccnc3C(C)C)c3nc(-c4c(O)c(F)c(F)c(Cl)c4F)c(Cl)cc23)CC1.C=CC(=O)N1CCN(c2c(C#N)c(=O)n(-c3c(C)ccnc3C(C)C)c3nc(-c4c(O)c(F)c(F)c(Cl)c4F)c(Cl)cc23)CC1.C=CC(=O)N1CCN(c2c(C#N)c(=O)n(-c3c(C)ccnc3C(C)C)c3nc(-c4c(O)c(F)c(F)c(Cl)c4F)c(Cl)cc23)CC1. The molecule has 0 radical (unpaired) electrons. The van der Waals surface area contributed by atoms with Crippen LogP contribution in [0.25, 0.3) is 83.9 Å². The first-order chi connectivity index (χ1) is 64.0. The Morgan fingerprint density at radius 1 is 0.378 bits per heavy atom. The topological polar surface area (TPSA) is 346 Å². The van der Waals surface area contributed by atoms with Gasteiger partial charge in [0.15, 0.2) is 52.2 Å². The number of benzene rings is 3. The van der Waals surface area contributed by atoms with Gasteiger partial charge in [0, 0.05) is 113 Å². The molecule has 0 saturated carbocycles. The smallest absolute Gasteiger partial charge is 0.276 e. The largest absolute Gasteiger partial charge is 0.504 e. The summed E-state index contributed by atoms with van der Waals surface area (Å²) in [6.07, 6.45) is 8.28. The van der Waals surface area contributed by atoms with Crippen LogP contribution in [-0.2, 0) is 14.4 Å². The van der Waals surface area contributed by atoms with E-state index in [0.717, 1.165) is 13.7 Å². The zero-order chi connectivity index (χ0) is 98.7. The van der Waals surface area contributed by atoms with Crippen molar-refractivity contribution in [1.29, 1.82) is 15.8 Å². The molecule has 15 rings (SSSR count). The third kappa shape index (κ3) is 17.5. The number of amides is 3. The minimum Gasteiger partial charge on any atom is -0.504 e. The van der Waals surface area contributed by atoms with E-state index < -0.39 is 135 Å². The van der Waals surface area contributed by atoms with Gasteiger partial charge in [-0.1, -0.05) is 131 Å². The normalized spacial score (nSPS) is 13.4. The molecule has 3 fully saturated rings. The first-order valence-electron chi connectivity index (χ1n) is 41.1. The lowest BCUT2D eigenvalue weighted by Gasteiger charge is -2.36. The summed E-state index contributed by atoms with van der Waals surface area (Å²) in [5.74, 6) is -21.1. The van der Waals surface area contributed by atoms with Crippen LogP contribution in [-0.4, -0.2) is 170 Å². The summed E-state index contributed by atoms with van der Waals surface area (Å²) in [6.45, 7) is 29.7. The number of nitriles is 3. The van der Waals surface area contributed by atoms with Crippen LogP contribution in [0.1, 0.15) is 110 Å². The molecule has 12 heterocycles. The van der Waals surface area contributed by atoms with Crippen molar-refractivity contribution in [3.05, 3.63) is 257 Å². The lowest BCUT2D eigenvalue weighted by Crippen LogP contribution is -2.49. The fourth-order valence-corrected chi connectivity index (χ4v) is 17.7. The Hall–Kier alpha value is -13.8. The van der Waals surface area contributed by atoms with Crippen LogP contribution in [0.3, 0.4) is 0 Å². The van der Waals surface area contributed by atoms with Gasteiger partial charge in [0.05, 0.1) is 100 Å². The molecule has 42 heteroatoms. The highest BCUT2D eigenvalue weighted by Gasteiger charge is 2.39. The quantitative estimate of drug-likeness (QED) is 0.0371. The zero-order valence-electron chi connectivity index (χ0n) is 72.8. The molecule has 0 bridgehead atoms. The van der Waals surface area contributed by atoms with Gasteiger partial charge >= 0.3 is 0 Å².